The lowest BCUT2D eigenvalue weighted by atomic mass is 10.3. The predicted octanol–water partition coefficient (Wildman–Crippen LogP) is 0.882. The van der Waals surface area contributed by atoms with Crippen molar-refractivity contribution in [1.29, 1.82) is 0 Å². The third-order valence-electron chi connectivity index (χ3n) is 1.71. The highest BCUT2D eigenvalue weighted by Gasteiger charge is 2.17. The number of hydrogen-bond acceptors (Lipinski definition) is 3. The molecule has 0 spiro atoms. The zero-order valence-electron chi connectivity index (χ0n) is 7.99. The van der Waals surface area contributed by atoms with Gasteiger partial charge in [-0.3, -0.25) is 4.79 Å². The van der Waals surface area contributed by atoms with Gasteiger partial charge in [0, 0.05) is 13.1 Å². The van der Waals surface area contributed by atoms with Crippen LogP contribution in [-0.4, -0.2) is 26.9 Å². The first-order chi connectivity index (χ1) is 6.56. The molecule has 76 valence electrons. The van der Waals surface area contributed by atoms with Gasteiger partial charge in [0.1, 0.15) is 0 Å². The van der Waals surface area contributed by atoms with Gasteiger partial charge in [0.05, 0.1) is 0 Å². The second-order valence-corrected chi connectivity index (χ2v) is 3.60. The molecular formula is C8H11BrN4O. The molecule has 0 aliphatic carbocycles. The van der Waals surface area contributed by atoms with E-state index in [9.17, 15) is 4.79 Å². The molecule has 1 heterocycles. The maximum absolute atomic E-state index is 11.6. The van der Waals surface area contributed by atoms with E-state index in [0.717, 1.165) is 0 Å². The molecule has 0 aliphatic rings. The fourth-order valence-electron chi connectivity index (χ4n) is 0.907. The summed E-state index contributed by atoms with van der Waals surface area (Å²) in [6.45, 7) is 5.41. The predicted molar refractivity (Wildman–Crippen MR) is 55.8 cm³/mol. The van der Waals surface area contributed by atoms with Gasteiger partial charge < -0.3 is 5.32 Å². The van der Waals surface area contributed by atoms with E-state index in [1.807, 2.05) is 6.92 Å². The number of nitrogens with zero attached hydrogens (tertiary/aromatic N) is 3. The Morgan fingerprint density at radius 3 is 2.86 bits per heavy atom. The lowest BCUT2D eigenvalue weighted by Crippen LogP contribution is -2.32. The Kier molecular flexibility index (Phi) is 3.40. The molecule has 0 radical (unpaired) electrons. The number of nitrogens with one attached hydrogen (secondary N) is 1. The lowest BCUT2D eigenvalue weighted by Gasteiger charge is -2.08. The number of halogens is 1. The highest BCUT2D eigenvalue weighted by molar-refractivity contribution is 9.10. The monoisotopic (exact) mass is 258 g/mol. The van der Waals surface area contributed by atoms with Gasteiger partial charge in [0.2, 0.25) is 0 Å². The Balaban J connectivity index is 2.84. The van der Waals surface area contributed by atoms with E-state index in [0.29, 0.717) is 10.3 Å². The van der Waals surface area contributed by atoms with Crippen LogP contribution in [0.1, 0.15) is 17.4 Å². The molecule has 14 heavy (non-hydrogen) atoms. The van der Waals surface area contributed by atoms with Crippen molar-refractivity contribution >= 4 is 21.8 Å². The van der Waals surface area contributed by atoms with Crippen molar-refractivity contribution in [3.63, 3.8) is 0 Å². The van der Waals surface area contributed by atoms with Crippen LogP contribution < -0.4 is 5.32 Å². The van der Waals surface area contributed by atoms with Crippen molar-refractivity contribution in [1.82, 2.24) is 20.3 Å². The number of carbonyl (C=O) groups is 1. The minimum absolute atomic E-state index is 0.0794. The Morgan fingerprint density at radius 1 is 1.79 bits per heavy atom. The maximum Gasteiger partial charge on any atom is 0.272 e. The molecule has 1 amide bonds. The van der Waals surface area contributed by atoms with E-state index in [-0.39, 0.29) is 11.9 Å². The normalized spacial score (nSPS) is 12.2. The number of aromatic nitrogens is 3. The first-order valence-corrected chi connectivity index (χ1v) is 4.84. The highest BCUT2D eigenvalue weighted by Crippen LogP contribution is 2.11. The SMILES string of the molecule is C=CC(C)NC(=O)c1c(Br)nnn1C. The molecule has 0 saturated heterocycles. The highest BCUT2D eigenvalue weighted by atomic mass is 79.9. The molecule has 0 saturated carbocycles. The fourth-order valence-corrected chi connectivity index (χ4v) is 1.41. The van der Waals surface area contributed by atoms with Crippen molar-refractivity contribution in [2.45, 2.75) is 13.0 Å². The minimum Gasteiger partial charge on any atom is -0.345 e. The first kappa shape index (κ1) is 10.9. The second kappa shape index (κ2) is 4.36. The molecule has 1 N–H and O–H groups in total. The zero-order chi connectivity index (χ0) is 10.7. The molecule has 1 unspecified atom stereocenters. The van der Waals surface area contributed by atoms with Crippen LogP contribution >= 0.6 is 15.9 Å². The van der Waals surface area contributed by atoms with Crippen molar-refractivity contribution in [2.75, 3.05) is 0 Å². The lowest BCUT2D eigenvalue weighted by molar-refractivity contribution is 0.0936. The maximum atomic E-state index is 11.6. The molecule has 0 aromatic carbocycles. The molecule has 6 heteroatoms. The van der Waals surface area contributed by atoms with Gasteiger partial charge >= 0.3 is 0 Å². The van der Waals surface area contributed by atoms with E-state index in [1.54, 1.807) is 13.1 Å². The van der Waals surface area contributed by atoms with Gasteiger partial charge in [0.25, 0.3) is 5.91 Å². The number of carbonyl (C=O) groups excluding carboxylic acids is 1. The molecule has 0 fully saturated rings. The summed E-state index contributed by atoms with van der Waals surface area (Å²) in [5.74, 6) is -0.225. The van der Waals surface area contributed by atoms with E-state index in [2.05, 4.69) is 38.1 Å². The van der Waals surface area contributed by atoms with Gasteiger partial charge in [-0.2, -0.15) is 0 Å². The summed E-state index contributed by atoms with van der Waals surface area (Å²) in [7, 11) is 1.66. The van der Waals surface area contributed by atoms with Gasteiger partial charge in [-0.25, -0.2) is 4.68 Å². The van der Waals surface area contributed by atoms with Crippen LogP contribution in [0.15, 0.2) is 17.3 Å². The molecule has 1 aromatic rings. The minimum atomic E-state index is -0.225. The zero-order valence-corrected chi connectivity index (χ0v) is 9.58. The van der Waals surface area contributed by atoms with E-state index >= 15 is 0 Å². The third-order valence-corrected chi connectivity index (χ3v) is 2.25. The van der Waals surface area contributed by atoms with Crippen LogP contribution in [0, 0.1) is 0 Å². The summed E-state index contributed by atoms with van der Waals surface area (Å²) in [5.41, 5.74) is 0.402. The number of aryl methyl sites for hydroxylation is 1. The van der Waals surface area contributed by atoms with Crippen molar-refractivity contribution in [3.05, 3.63) is 23.0 Å². The molecule has 1 atom stereocenters. The summed E-state index contributed by atoms with van der Waals surface area (Å²) in [6.07, 6.45) is 1.65. The number of hydrogen-bond donors (Lipinski definition) is 1. The summed E-state index contributed by atoms with van der Waals surface area (Å²) >= 11 is 3.15. The van der Waals surface area contributed by atoms with Crippen LogP contribution in [0.25, 0.3) is 0 Å². The molecule has 1 aromatic heterocycles. The standard InChI is InChI=1S/C8H11BrN4O/c1-4-5(2)10-8(14)6-7(9)11-12-13(6)3/h4-5H,1H2,2-3H3,(H,10,14). The van der Waals surface area contributed by atoms with Crippen molar-refractivity contribution in [2.24, 2.45) is 7.05 Å². The Hall–Kier alpha value is -1.17. The van der Waals surface area contributed by atoms with E-state index in [4.69, 9.17) is 0 Å². The smallest absolute Gasteiger partial charge is 0.272 e. The Bertz CT molecular complexity index is 341. The Labute approximate surface area is 90.3 Å². The average Bonchev–Trinajstić information content (AvgIpc) is 2.46. The van der Waals surface area contributed by atoms with Crippen LogP contribution in [0.4, 0.5) is 0 Å². The second-order valence-electron chi connectivity index (χ2n) is 2.85. The molecule has 5 nitrogen and oxygen atoms in total. The summed E-state index contributed by atoms with van der Waals surface area (Å²) in [6, 6.07) is -0.0794. The summed E-state index contributed by atoms with van der Waals surface area (Å²) in [4.78, 5) is 11.6. The summed E-state index contributed by atoms with van der Waals surface area (Å²) < 4.78 is 1.85. The van der Waals surface area contributed by atoms with Crippen LogP contribution in [-0.2, 0) is 7.05 Å². The number of rotatable bonds is 3. The van der Waals surface area contributed by atoms with Crippen molar-refractivity contribution in [3.8, 4) is 0 Å². The number of amides is 1. The van der Waals surface area contributed by atoms with Gasteiger partial charge in [-0.15, -0.1) is 11.7 Å². The molecule has 0 bridgehead atoms. The molecule has 1 rings (SSSR count). The average molecular weight is 259 g/mol. The van der Waals surface area contributed by atoms with Gasteiger partial charge in [-0.1, -0.05) is 11.3 Å². The molecular weight excluding hydrogens is 248 g/mol. The van der Waals surface area contributed by atoms with Crippen LogP contribution in [0.5, 0.6) is 0 Å². The van der Waals surface area contributed by atoms with Crippen LogP contribution in [0.2, 0.25) is 0 Å². The van der Waals surface area contributed by atoms with Gasteiger partial charge in [-0.05, 0) is 22.9 Å². The third kappa shape index (κ3) is 2.20. The quantitative estimate of drug-likeness (QED) is 0.820. The van der Waals surface area contributed by atoms with Crippen molar-refractivity contribution < 1.29 is 4.79 Å². The fraction of sp³-hybridized carbons (Fsp3) is 0.375. The topological polar surface area (TPSA) is 59.8 Å². The summed E-state index contributed by atoms with van der Waals surface area (Å²) in [5, 5.41) is 10.1. The van der Waals surface area contributed by atoms with E-state index < -0.39 is 0 Å². The molecule has 0 aliphatic heterocycles. The van der Waals surface area contributed by atoms with Crippen LogP contribution in [0.3, 0.4) is 0 Å². The van der Waals surface area contributed by atoms with Gasteiger partial charge in [0.15, 0.2) is 10.3 Å². The largest absolute Gasteiger partial charge is 0.345 e. The van der Waals surface area contributed by atoms with E-state index in [1.165, 1.54) is 4.68 Å². The first-order valence-electron chi connectivity index (χ1n) is 4.05. The Morgan fingerprint density at radius 2 is 2.43 bits per heavy atom.